The molecule has 2 aromatic carbocycles. The highest BCUT2D eigenvalue weighted by Crippen LogP contribution is 2.17. The molecule has 116 valence electrons. The van der Waals surface area contributed by atoms with Crippen LogP contribution in [0.4, 0.5) is 0 Å². The van der Waals surface area contributed by atoms with Crippen LogP contribution in [0.1, 0.15) is 35.3 Å². The van der Waals surface area contributed by atoms with Gasteiger partial charge in [-0.3, -0.25) is 4.79 Å². The van der Waals surface area contributed by atoms with Crippen molar-refractivity contribution in [3.05, 3.63) is 71.3 Å². The molecule has 1 amide bonds. The molecule has 0 bridgehead atoms. The van der Waals surface area contributed by atoms with E-state index in [0.717, 1.165) is 16.7 Å². The monoisotopic (exact) mass is 298 g/mol. The van der Waals surface area contributed by atoms with Gasteiger partial charge in [-0.2, -0.15) is 0 Å². The van der Waals surface area contributed by atoms with Gasteiger partial charge in [-0.05, 0) is 23.6 Å². The highest BCUT2D eigenvalue weighted by atomic mass is 16.3. The molecule has 2 unspecified atom stereocenters. The normalized spacial score (nSPS) is 13.4. The molecule has 22 heavy (non-hydrogen) atoms. The van der Waals surface area contributed by atoms with Crippen LogP contribution >= 0.6 is 0 Å². The standard InChI is InChI=1S/C18H22N2O2/c1-13-7-5-6-10-15(13)17(21)12-20-18(22)11-16(19)14-8-3-2-4-9-14/h2-10,16-17,21H,11-12,19H2,1H3,(H,20,22). The van der Waals surface area contributed by atoms with Crippen LogP contribution < -0.4 is 11.1 Å². The summed E-state index contributed by atoms with van der Waals surface area (Å²) >= 11 is 0. The predicted octanol–water partition coefficient (Wildman–Crippen LogP) is 2.23. The minimum Gasteiger partial charge on any atom is -0.387 e. The molecular formula is C18H22N2O2. The van der Waals surface area contributed by atoms with Crippen LogP contribution in [0.15, 0.2) is 54.6 Å². The van der Waals surface area contributed by atoms with E-state index in [1.807, 2.05) is 61.5 Å². The zero-order valence-electron chi connectivity index (χ0n) is 12.7. The van der Waals surface area contributed by atoms with E-state index in [1.165, 1.54) is 0 Å². The molecule has 4 N–H and O–H groups in total. The maximum Gasteiger partial charge on any atom is 0.222 e. The molecule has 2 aromatic rings. The summed E-state index contributed by atoms with van der Waals surface area (Å²) < 4.78 is 0. The highest BCUT2D eigenvalue weighted by Gasteiger charge is 2.14. The SMILES string of the molecule is Cc1ccccc1C(O)CNC(=O)CC(N)c1ccccc1. The lowest BCUT2D eigenvalue weighted by molar-refractivity contribution is -0.121. The Kier molecular flexibility index (Phi) is 5.69. The van der Waals surface area contributed by atoms with Gasteiger partial charge in [-0.1, -0.05) is 54.6 Å². The molecular weight excluding hydrogens is 276 g/mol. The second kappa shape index (κ2) is 7.73. The van der Waals surface area contributed by atoms with Crippen molar-refractivity contribution < 1.29 is 9.90 Å². The lowest BCUT2D eigenvalue weighted by atomic mass is 10.0. The summed E-state index contributed by atoms with van der Waals surface area (Å²) in [6, 6.07) is 16.8. The zero-order valence-corrected chi connectivity index (χ0v) is 12.7. The van der Waals surface area contributed by atoms with Crippen LogP contribution in [0.5, 0.6) is 0 Å². The van der Waals surface area contributed by atoms with Crippen molar-refractivity contribution in [2.75, 3.05) is 6.54 Å². The second-order valence-corrected chi connectivity index (χ2v) is 5.40. The number of hydrogen-bond acceptors (Lipinski definition) is 3. The summed E-state index contributed by atoms with van der Waals surface area (Å²) in [5.74, 6) is -0.163. The number of aliphatic hydroxyl groups is 1. The van der Waals surface area contributed by atoms with Gasteiger partial charge in [0.05, 0.1) is 6.10 Å². The predicted molar refractivity (Wildman–Crippen MR) is 87.1 cm³/mol. The van der Waals surface area contributed by atoms with E-state index in [9.17, 15) is 9.90 Å². The van der Waals surface area contributed by atoms with Crippen molar-refractivity contribution in [2.24, 2.45) is 5.73 Å². The van der Waals surface area contributed by atoms with Crippen LogP contribution in [0.3, 0.4) is 0 Å². The van der Waals surface area contributed by atoms with Gasteiger partial charge in [0.25, 0.3) is 0 Å². The number of aliphatic hydroxyl groups excluding tert-OH is 1. The molecule has 0 aliphatic carbocycles. The quantitative estimate of drug-likeness (QED) is 0.765. The van der Waals surface area contributed by atoms with Crippen LogP contribution in [0.25, 0.3) is 0 Å². The van der Waals surface area contributed by atoms with Gasteiger partial charge in [-0.15, -0.1) is 0 Å². The van der Waals surface area contributed by atoms with Crippen LogP contribution in [0, 0.1) is 6.92 Å². The van der Waals surface area contributed by atoms with E-state index < -0.39 is 6.10 Å². The molecule has 4 heteroatoms. The van der Waals surface area contributed by atoms with Crippen molar-refractivity contribution >= 4 is 5.91 Å². The minimum absolute atomic E-state index is 0.163. The molecule has 4 nitrogen and oxygen atoms in total. The van der Waals surface area contributed by atoms with Gasteiger partial charge >= 0.3 is 0 Å². The Labute approximate surface area is 131 Å². The Morgan fingerprint density at radius 1 is 1.14 bits per heavy atom. The van der Waals surface area contributed by atoms with Crippen molar-refractivity contribution in [2.45, 2.75) is 25.5 Å². The third-order valence-electron chi connectivity index (χ3n) is 3.67. The van der Waals surface area contributed by atoms with E-state index in [-0.39, 0.29) is 24.9 Å². The van der Waals surface area contributed by atoms with Gasteiger partial charge < -0.3 is 16.2 Å². The van der Waals surface area contributed by atoms with Crippen molar-refractivity contribution in [1.82, 2.24) is 5.32 Å². The van der Waals surface area contributed by atoms with Gasteiger partial charge in [-0.25, -0.2) is 0 Å². The topological polar surface area (TPSA) is 75.3 Å². The first-order valence-electron chi connectivity index (χ1n) is 7.38. The Balaban J connectivity index is 1.84. The number of rotatable bonds is 6. The number of carbonyl (C=O) groups excluding carboxylic acids is 1. The van der Waals surface area contributed by atoms with E-state index in [1.54, 1.807) is 0 Å². The summed E-state index contributed by atoms with van der Waals surface area (Å²) in [6.07, 6.45) is -0.511. The summed E-state index contributed by atoms with van der Waals surface area (Å²) in [4.78, 5) is 11.9. The number of aryl methyl sites for hydroxylation is 1. The molecule has 0 fully saturated rings. The van der Waals surface area contributed by atoms with E-state index in [2.05, 4.69) is 5.32 Å². The summed E-state index contributed by atoms with van der Waals surface area (Å²) in [5, 5.41) is 12.9. The number of carbonyl (C=O) groups is 1. The Bertz CT molecular complexity index is 613. The zero-order chi connectivity index (χ0) is 15.9. The van der Waals surface area contributed by atoms with Gasteiger partial charge in [0.15, 0.2) is 0 Å². The first kappa shape index (κ1) is 16.2. The van der Waals surface area contributed by atoms with Gasteiger partial charge in [0.1, 0.15) is 0 Å². The van der Waals surface area contributed by atoms with Gasteiger partial charge in [0, 0.05) is 19.0 Å². The highest BCUT2D eigenvalue weighted by molar-refractivity contribution is 5.76. The third-order valence-corrected chi connectivity index (χ3v) is 3.67. The lowest BCUT2D eigenvalue weighted by Crippen LogP contribution is -2.31. The number of nitrogens with two attached hydrogens (primary N) is 1. The first-order chi connectivity index (χ1) is 10.6. The molecule has 2 atom stereocenters. The van der Waals surface area contributed by atoms with Gasteiger partial charge in [0.2, 0.25) is 5.91 Å². The van der Waals surface area contributed by atoms with Crippen molar-refractivity contribution in [3.63, 3.8) is 0 Å². The number of hydrogen-bond donors (Lipinski definition) is 3. The van der Waals surface area contributed by atoms with E-state index >= 15 is 0 Å². The fourth-order valence-corrected chi connectivity index (χ4v) is 2.37. The summed E-state index contributed by atoms with van der Waals surface area (Å²) in [6.45, 7) is 2.12. The molecule has 0 aliphatic heterocycles. The number of benzene rings is 2. The molecule has 0 spiro atoms. The van der Waals surface area contributed by atoms with E-state index in [0.29, 0.717) is 0 Å². The molecule has 0 heterocycles. The molecule has 0 saturated heterocycles. The van der Waals surface area contributed by atoms with E-state index in [4.69, 9.17) is 5.73 Å². The number of nitrogens with one attached hydrogen (secondary N) is 1. The Morgan fingerprint density at radius 2 is 1.77 bits per heavy atom. The maximum absolute atomic E-state index is 11.9. The molecule has 0 aliphatic rings. The average Bonchev–Trinajstić information content (AvgIpc) is 2.54. The van der Waals surface area contributed by atoms with Crippen LogP contribution in [-0.2, 0) is 4.79 Å². The largest absolute Gasteiger partial charge is 0.387 e. The molecule has 0 radical (unpaired) electrons. The molecule has 2 rings (SSSR count). The lowest BCUT2D eigenvalue weighted by Gasteiger charge is -2.16. The Hall–Kier alpha value is -2.17. The summed E-state index contributed by atoms with van der Waals surface area (Å²) in [7, 11) is 0. The molecule has 0 saturated carbocycles. The van der Waals surface area contributed by atoms with Crippen LogP contribution in [0.2, 0.25) is 0 Å². The minimum atomic E-state index is -0.710. The van der Waals surface area contributed by atoms with Crippen molar-refractivity contribution in [1.29, 1.82) is 0 Å². The maximum atomic E-state index is 11.9. The fourth-order valence-electron chi connectivity index (χ4n) is 2.37. The van der Waals surface area contributed by atoms with Crippen LogP contribution in [-0.4, -0.2) is 17.6 Å². The second-order valence-electron chi connectivity index (χ2n) is 5.40. The average molecular weight is 298 g/mol. The third kappa shape index (κ3) is 4.41. The fraction of sp³-hybridized carbons (Fsp3) is 0.278. The summed E-state index contributed by atoms with van der Waals surface area (Å²) in [5.41, 5.74) is 8.78. The smallest absolute Gasteiger partial charge is 0.222 e. The molecule has 0 aromatic heterocycles. The van der Waals surface area contributed by atoms with Crippen molar-refractivity contribution in [3.8, 4) is 0 Å². The number of amides is 1. The first-order valence-corrected chi connectivity index (χ1v) is 7.38. The Morgan fingerprint density at radius 3 is 2.45 bits per heavy atom.